The van der Waals surface area contributed by atoms with E-state index in [9.17, 15) is 14.7 Å². The minimum Gasteiger partial charge on any atom is -0.507 e. The van der Waals surface area contributed by atoms with Crippen LogP contribution in [0.4, 0.5) is 0 Å². The fourth-order valence-electron chi connectivity index (χ4n) is 4.72. The molecule has 0 saturated heterocycles. The van der Waals surface area contributed by atoms with Gasteiger partial charge in [0, 0.05) is 18.9 Å². The summed E-state index contributed by atoms with van der Waals surface area (Å²) >= 11 is 0. The van der Waals surface area contributed by atoms with Gasteiger partial charge in [-0.05, 0) is 34.1 Å². The zero-order chi connectivity index (χ0) is 26.6. The molecule has 37 heavy (non-hydrogen) atoms. The molecule has 2 atom stereocenters. The Morgan fingerprint density at radius 3 is 2.11 bits per heavy atom. The zero-order valence-corrected chi connectivity index (χ0v) is 22.0. The van der Waals surface area contributed by atoms with Crippen LogP contribution in [0.15, 0.2) is 96.3 Å². The second-order valence-corrected chi connectivity index (χ2v) is 10.7. The predicted molar refractivity (Wildman–Crippen MR) is 145 cm³/mol. The second kappa shape index (κ2) is 10.6. The third-order valence-corrected chi connectivity index (χ3v) is 7.11. The average Bonchev–Trinajstić information content (AvgIpc) is 3.16. The first-order chi connectivity index (χ1) is 17.6. The topological polar surface area (TPSA) is 75.6 Å². The van der Waals surface area contributed by atoms with Crippen molar-refractivity contribution in [2.75, 3.05) is 0 Å². The number of amides is 1. The number of nitrogens with one attached hydrogen (secondary N) is 1. The van der Waals surface area contributed by atoms with Crippen LogP contribution >= 0.6 is 0 Å². The molecule has 0 radical (unpaired) electrons. The highest BCUT2D eigenvalue weighted by molar-refractivity contribution is 6.02. The van der Waals surface area contributed by atoms with Gasteiger partial charge in [-0.3, -0.25) is 4.79 Å². The number of ether oxygens (including phenoxy) is 1. The van der Waals surface area contributed by atoms with Crippen LogP contribution in [0.5, 0.6) is 0 Å². The molecule has 3 aromatic rings. The van der Waals surface area contributed by atoms with E-state index in [1.807, 2.05) is 79.7 Å². The van der Waals surface area contributed by atoms with Crippen molar-refractivity contribution in [3.05, 3.63) is 119 Å². The van der Waals surface area contributed by atoms with Gasteiger partial charge in [0.1, 0.15) is 0 Å². The highest BCUT2D eigenvalue weighted by Gasteiger charge is 2.54. The number of hydrogen-bond donors (Lipinski definition) is 2. The summed E-state index contributed by atoms with van der Waals surface area (Å²) in [6.45, 7) is 8.54. The fraction of sp³-hybridized carbons (Fsp3) is 0.312. The van der Waals surface area contributed by atoms with E-state index < -0.39 is 23.4 Å². The Bertz CT molecular complexity index is 1270. The van der Waals surface area contributed by atoms with Crippen molar-refractivity contribution in [2.45, 2.75) is 64.0 Å². The molecule has 0 aliphatic carbocycles. The minimum absolute atomic E-state index is 0.0315. The Balaban J connectivity index is 1.62. The lowest BCUT2D eigenvalue weighted by Crippen LogP contribution is -2.49. The van der Waals surface area contributed by atoms with Crippen molar-refractivity contribution in [1.29, 1.82) is 0 Å². The van der Waals surface area contributed by atoms with Crippen LogP contribution in [0.1, 0.15) is 62.3 Å². The van der Waals surface area contributed by atoms with Crippen molar-refractivity contribution in [1.82, 2.24) is 5.32 Å². The number of carbonyl (C=O) groups is 2. The van der Waals surface area contributed by atoms with Crippen molar-refractivity contribution < 1.29 is 19.4 Å². The molecule has 2 N–H and O–H groups in total. The predicted octanol–water partition coefficient (Wildman–Crippen LogP) is 6.14. The number of carbonyl (C=O) groups excluding carboxylic acids is 2. The normalized spacial score (nSPS) is 18.4. The van der Waals surface area contributed by atoms with Crippen molar-refractivity contribution in [3.8, 4) is 0 Å². The zero-order valence-electron chi connectivity index (χ0n) is 22.0. The Kier molecular flexibility index (Phi) is 7.53. The molecule has 1 aliphatic rings. The molecule has 192 valence electrons. The van der Waals surface area contributed by atoms with Gasteiger partial charge in [-0.1, -0.05) is 113 Å². The molecule has 1 amide bonds. The summed E-state index contributed by atoms with van der Waals surface area (Å²) in [6, 6.07) is 27.2. The first-order valence-electron chi connectivity index (χ1n) is 12.8. The fourth-order valence-corrected chi connectivity index (χ4v) is 4.72. The quantitative estimate of drug-likeness (QED) is 0.366. The summed E-state index contributed by atoms with van der Waals surface area (Å²) < 4.78 is 5.78. The van der Waals surface area contributed by atoms with Gasteiger partial charge < -0.3 is 15.2 Å². The maximum absolute atomic E-state index is 13.7. The van der Waals surface area contributed by atoms with E-state index >= 15 is 0 Å². The van der Waals surface area contributed by atoms with E-state index in [-0.39, 0.29) is 29.7 Å². The van der Waals surface area contributed by atoms with Gasteiger partial charge in [-0.2, -0.15) is 0 Å². The minimum atomic E-state index is -1.78. The number of aryl methyl sites for hydroxylation is 1. The lowest BCUT2D eigenvalue weighted by atomic mass is 9.86. The Hall–Kier alpha value is -3.86. The van der Waals surface area contributed by atoms with E-state index in [0.29, 0.717) is 6.42 Å². The molecule has 0 aromatic heterocycles. The highest BCUT2D eigenvalue weighted by Crippen LogP contribution is 2.41. The largest absolute Gasteiger partial charge is 0.507 e. The Labute approximate surface area is 219 Å². The summed E-state index contributed by atoms with van der Waals surface area (Å²) in [4.78, 5) is 26.8. The SMILES string of the molecule is C[C@H](C1=C(O)C(CCc2ccccc2)(C(=O)NCc2ccc(C(C)(C)C)cc2)OC1=O)c1ccccc1. The molecule has 0 bridgehead atoms. The number of rotatable bonds is 8. The van der Waals surface area contributed by atoms with Crippen LogP contribution in [0.25, 0.3) is 0 Å². The third kappa shape index (κ3) is 5.61. The van der Waals surface area contributed by atoms with E-state index in [4.69, 9.17) is 4.74 Å². The van der Waals surface area contributed by atoms with Gasteiger partial charge in [-0.15, -0.1) is 0 Å². The average molecular weight is 498 g/mol. The molecule has 0 spiro atoms. The molecule has 5 nitrogen and oxygen atoms in total. The molecular weight excluding hydrogens is 462 g/mol. The van der Waals surface area contributed by atoms with Gasteiger partial charge in [0.15, 0.2) is 5.76 Å². The monoisotopic (exact) mass is 497 g/mol. The summed E-state index contributed by atoms with van der Waals surface area (Å²) in [5.41, 5.74) is 2.35. The highest BCUT2D eigenvalue weighted by atomic mass is 16.6. The first-order valence-corrected chi connectivity index (χ1v) is 12.8. The molecule has 0 fully saturated rings. The molecule has 4 rings (SSSR count). The smallest absolute Gasteiger partial charge is 0.339 e. The summed E-state index contributed by atoms with van der Waals surface area (Å²) in [7, 11) is 0. The standard InChI is InChI=1S/C32H35NO4/c1-22(25-13-9-6-10-14-25)27-28(34)32(37-29(27)35,20-19-23-11-7-5-8-12-23)30(36)33-21-24-15-17-26(18-16-24)31(2,3)4/h5-18,22,34H,19-21H2,1-4H3,(H,33,36)/t22-,32?/m0/s1. The summed E-state index contributed by atoms with van der Waals surface area (Å²) in [5.74, 6) is -1.91. The number of cyclic esters (lactones) is 1. The van der Waals surface area contributed by atoms with Gasteiger partial charge >= 0.3 is 5.97 Å². The number of hydrogen-bond acceptors (Lipinski definition) is 4. The second-order valence-electron chi connectivity index (χ2n) is 10.7. The van der Waals surface area contributed by atoms with E-state index in [0.717, 1.165) is 16.7 Å². The molecule has 5 heteroatoms. The molecule has 1 unspecified atom stereocenters. The first kappa shape index (κ1) is 26.2. The van der Waals surface area contributed by atoms with Gasteiger partial charge in [0.05, 0.1) is 5.57 Å². The third-order valence-electron chi connectivity index (χ3n) is 7.11. The number of aliphatic hydroxyl groups is 1. The number of esters is 1. The lowest BCUT2D eigenvalue weighted by molar-refractivity contribution is -0.160. The maximum atomic E-state index is 13.7. The van der Waals surface area contributed by atoms with Crippen LogP contribution in [0.3, 0.4) is 0 Å². The number of benzene rings is 3. The van der Waals surface area contributed by atoms with Crippen LogP contribution in [0, 0.1) is 0 Å². The lowest BCUT2D eigenvalue weighted by Gasteiger charge is -2.27. The van der Waals surface area contributed by atoms with E-state index in [1.165, 1.54) is 5.56 Å². The summed E-state index contributed by atoms with van der Waals surface area (Å²) in [5, 5.41) is 14.4. The Morgan fingerprint density at radius 2 is 1.51 bits per heavy atom. The maximum Gasteiger partial charge on any atom is 0.339 e. The van der Waals surface area contributed by atoms with Crippen molar-refractivity contribution in [3.63, 3.8) is 0 Å². The van der Waals surface area contributed by atoms with Crippen LogP contribution in [-0.4, -0.2) is 22.6 Å². The summed E-state index contributed by atoms with van der Waals surface area (Å²) in [6.07, 6.45) is 0.591. The van der Waals surface area contributed by atoms with Crippen LogP contribution in [-0.2, 0) is 32.7 Å². The van der Waals surface area contributed by atoms with Crippen LogP contribution < -0.4 is 5.32 Å². The number of aliphatic hydroxyl groups excluding tert-OH is 1. The van der Waals surface area contributed by atoms with Gasteiger partial charge in [0.25, 0.3) is 5.91 Å². The van der Waals surface area contributed by atoms with Gasteiger partial charge in [-0.25, -0.2) is 4.79 Å². The molecule has 3 aromatic carbocycles. The molecule has 1 heterocycles. The van der Waals surface area contributed by atoms with E-state index in [1.54, 1.807) is 0 Å². The van der Waals surface area contributed by atoms with E-state index in [2.05, 4.69) is 38.2 Å². The Morgan fingerprint density at radius 1 is 0.919 bits per heavy atom. The van der Waals surface area contributed by atoms with Crippen molar-refractivity contribution >= 4 is 11.9 Å². The van der Waals surface area contributed by atoms with Gasteiger partial charge in [0.2, 0.25) is 5.60 Å². The molecule has 0 saturated carbocycles. The van der Waals surface area contributed by atoms with Crippen molar-refractivity contribution in [2.24, 2.45) is 0 Å². The van der Waals surface area contributed by atoms with Crippen LogP contribution in [0.2, 0.25) is 0 Å². The molecular formula is C32H35NO4. The molecule has 1 aliphatic heterocycles.